The van der Waals surface area contributed by atoms with Gasteiger partial charge in [0.1, 0.15) is 6.04 Å². The molecule has 0 aliphatic carbocycles. The predicted molar refractivity (Wildman–Crippen MR) is 98.3 cm³/mol. The maximum absolute atomic E-state index is 13.4. The molecule has 2 N–H and O–H groups in total. The molecule has 0 aromatic heterocycles. The first kappa shape index (κ1) is 23.2. The monoisotopic (exact) mass is 408 g/mol. The molecule has 1 aliphatic rings. The van der Waals surface area contributed by atoms with Crippen LogP contribution in [0.25, 0.3) is 0 Å². The van der Waals surface area contributed by atoms with E-state index < -0.39 is 24.7 Å². The quantitative estimate of drug-likeness (QED) is 0.772. The molecule has 0 radical (unpaired) electrons. The number of amides is 2. The van der Waals surface area contributed by atoms with Crippen LogP contribution in [-0.2, 0) is 0 Å². The van der Waals surface area contributed by atoms with E-state index in [-0.39, 0.29) is 37.0 Å². The first-order valence-electron chi connectivity index (χ1n) is 8.31. The van der Waals surface area contributed by atoms with Crippen molar-refractivity contribution in [2.24, 2.45) is 0 Å². The number of halogens is 4. The number of carbonyl (C=O) groups is 2. The molecule has 152 valence electrons. The van der Waals surface area contributed by atoms with Crippen LogP contribution in [0.15, 0.2) is 24.3 Å². The second kappa shape index (κ2) is 9.91. The van der Waals surface area contributed by atoms with Gasteiger partial charge in [-0.2, -0.15) is 13.2 Å². The van der Waals surface area contributed by atoms with Crippen molar-refractivity contribution in [3.8, 4) is 0 Å². The lowest BCUT2D eigenvalue weighted by atomic mass is 10.1. The van der Waals surface area contributed by atoms with E-state index in [0.29, 0.717) is 18.7 Å². The molecule has 0 saturated carbocycles. The highest BCUT2D eigenvalue weighted by Crippen LogP contribution is 2.24. The molecule has 0 spiro atoms. The van der Waals surface area contributed by atoms with Crippen LogP contribution in [0, 0.1) is 0 Å². The van der Waals surface area contributed by atoms with Crippen molar-refractivity contribution in [1.29, 1.82) is 0 Å². The Balaban J connectivity index is 0.00000364. The molecule has 1 atom stereocenters. The molecule has 0 bridgehead atoms. The van der Waals surface area contributed by atoms with Gasteiger partial charge in [0, 0.05) is 57.9 Å². The highest BCUT2D eigenvalue weighted by atomic mass is 35.5. The Bertz CT molecular complexity index is 649. The number of hydrogen-bond donors (Lipinski definition) is 2. The molecule has 2 amide bonds. The van der Waals surface area contributed by atoms with Gasteiger partial charge in [-0.15, -0.1) is 12.4 Å². The van der Waals surface area contributed by atoms with Crippen molar-refractivity contribution in [2.45, 2.75) is 12.2 Å². The molecule has 10 heteroatoms. The summed E-state index contributed by atoms with van der Waals surface area (Å²) in [4.78, 5) is 26.9. The second-order valence-electron chi connectivity index (χ2n) is 6.33. The molecular weight excluding hydrogens is 385 g/mol. The minimum Gasteiger partial charge on any atom is -0.350 e. The topological polar surface area (TPSA) is 64.7 Å². The summed E-state index contributed by atoms with van der Waals surface area (Å²) in [6.45, 7) is 0.971. The summed E-state index contributed by atoms with van der Waals surface area (Å²) in [5, 5.41) is 5.36. The van der Waals surface area contributed by atoms with Crippen LogP contribution in [0.4, 0.5) is 13.2 Å². The van der Waals surface area contributed by atoms with Gasteiger partial charge < -0.3 is 15.5 Å². The molecule has 1 heterocycles. The summed E-state index contributed by atoms with van der Waals surface area (Å²) in [5.74, 6) is -0.920. The lowest BCUT2D eigenvalue weighted by molar-refractivity contribution is -0.183. The molecule has 1 aliphatic heterocycles. The number of nitrogens with zero attached hydrogens (tertiary/aromatic N) is 2. The Labute approximate surface area is 162 Å². The highest BCUT2D eigenvalue weighted by molar-refractivity contribution is 5.99. The average Bonchev–Trinajstić information content (AvgIpc) is 2.61. The fourth-order valence-corrected chi connectivity index (χ4v) is 2.79. The van der Waals surface area contributed by atoms with Crippen LogP contribution >= 0.6 is 12.4 Å². The number of alkyl halides is 3. The van der Waals surface area contributed by atoms with E-state index in [2.05, 4.69) is 10.6 Å². The van der Waals surface area contributed by atoms with E-state index in [4.69, 9.17) is 0 Å². The van der Waals surface area contributed by atoms with E-state index >= 15 is 0 Å². The number of nitrogens with one attached hydrogen (secondary N) is 2. The molecule has 1 aromatic carbocycles. The standard InChI is InChI=1S/C17H23F3N4O2.ClH/c1-23(2)16(26)13-5-3-4-12(10-13)15(25)22-11-14(17(18,19)20)24-8-6-21-7-9-24;/h3-5,10,14,21H,6-9,11H2,1-2H3,(H,22,25);1H. The molecule has 1 saturated heterocycles. The van der Waals surface area contributed by atoms with Gasteiger partial charge in [0.15, 0.2) is 0 Å². The predicted octanol–water partition coefficient (Wildman–Crippen LogP) is 1.38. The number of rotatable bonds is 5. The van der Waals surface area contributed by atoms with Crippen molar-refractivity contribution >= 4 is 24.2 Å². The van der Waals surface area contributed by atoms with Gasteiger partial charge in [0.05, 0.1) is 0 Å². The summed E-state index contributed by atoms with van der Waals surface area (Å²) < 4.78 is 40.1. The number of carbonyl (C=O) groups excluding carboxylic acids is 2. The fourth-order valence-electron chi connectivity index (χ4n) is 2.79. The van der Waals surface area contributed by atoms with E-state index in [1.165, 1.54) is 28.0 Å². The van der Waals surface area contributed by atoms with Gasteiger partial charge >= 0.3 is 6.18 Å². The maximum Gasteiger partial charge on any atom is 0.405 e. The molecule has 6 nitrogen and oxygen atoms in total. The Hall–Kier alpha value is -1.84. The summed E-state index contributed by atoms with van der Waals surface area (Å²) >= 11 is 0. The first-order chi connectivity index (χ1) is 12.2. The highest BCUT2D eigenvalue weighted by Gasteiger charge is 2.43. The summed E-state index contributed by atoms with van der Waals surface area (Å²) in [7, 11) is 3.16. The summed E-state index contributed by atoms with van der Waals surface area (Å²) in [6.07, 6.45) is -4.44. The van der Waals surface area contributed by atoms with E-state index in [1.54, 1.807) is 20.2 Å². The Morgan fingerprint density at radius 1 is 1.22 bits per heavy atom. The normalized spacial score (nSPS) is 16.2. The molecule has 27 heavy (non-hydrogen) atoms. The third kappa shape index (κ3) is 6.37. The second-order valence-corrected chi connectivity index (χ2v) is 6.33. The Kier molecular flexibility index (Phi) is 8.52. The molecule has 1 fully saturated rings. The lowest BCUT2D eigenvalue weighted by Crippen LogP contribution is -2.57. The minimum absolute atomic E-state index is 0. The molecule has 2 rings (SSSR count). The number of benzene rings is 1. The zero-order valence-corrected chi connectivity index (χ0v) is 16.0. The van der Waals surface area contributed by atoms with Gasteiger partial charge in [0.25, 0.3) is 11.8 Å². The number of piperazine rings is 1. The molecular formula is C17H24ClF3N4O2. The lowest BCUT2D eigenvalue weighted by Gasteiger charge is -2.35. The van der Waals surface area contributed by atoms with Crippen molar-refractivity contribution in [3.05, 3.63) is 35.4 Å². The van der Waals surface area contributed by atoms with Gasteiger partial charge in [-0.25, -0.2) is 0 Å². The summed E-state index contributed by atoms with van der Waals surface area (Å²) in [6, 6.07) is 4.20. The minimum atomic E-state index is -4.44. The smallest absolute Gasteiger partial charge is 0.350 e. The SMILES string of the molecule is CN(C)C(=O)c1cccc(C(=O)NCC(N2CCNCC2)C(F)(F)F)c1.Cl. The van der Waals surface area contributed by atoms with Gasteiger partial charge in [-0.1, -0.05) is 6.07 Å². The van der Waals surface area contributed by atoms with Gasteiger partial charge in [-0.3, -0.25) is 14.5 Å². The molecule has 1 aromatic rings. The van der Waals surface area contributed by atoms with Crippen molar-refractivity contribution in [3.63, 3.8) is 0 Å². The van der Waals surface area contributed by atoms with Crippen LogP contribution in [0.1, 0.15) is 20.7 Å². The Morgan fingerprint density at radius 3 is 2.37 bits per heavy atom. The fraction of sp³-hybridized carbons (Fsp3) is 0.529. The van der Waals surface area contributed by atoms with E-state index in [9.17, 15) is 22.8 Å². The third-order valence-corrected chi connectivity index (χ3v) is 4.20. The van der Waals surface area contributed by atoms with Crippen molar-refractivity contribution in [1.82, 2.24) is 20.4 Å². The van der Waals surface area contributed by atoms with Crippen LogP contribution in [0.5, 0.6) is 0 Å². The van der Waals surface area contributed by atoms with Crippen LogP contribution in [0.2, 0.25) is 0 Å². The van der Waals surface area contributed by atoms with Crippen molar-refractivity contribution in [2.75, 3.05) is 46.8 Å². The zero-order valence-electron chi connectivity index (χ0n) is 15.2. The van der Waals surface area contributed by atoms with Crippen LogP contribution in [0.3, 0.4) is 0 Å². The summed E-state index contributed by atoms with van der Waals surface area (Å²) in [5.41, 5.74) is 0.455. The first-order valence-corrected chi connectivity index (χ1v) is 8.31. The van der Waals surface area contributed by atoms with Gasteiger partial charge in [0.2, 0.25) is 0 Å². The maximum atomic E-state index is 13.4. The van der Waals surface area contributed by atoms with E-state index in [1.807, 2.05) is 0 Å². The van der Waals surface area contributed by atoms with Crippen LogP contribution < -0.4 is 10.6 Å². The average molecular weight is 409 g/mol. The largest absolute Gasteiger partial charge is 0.405 e. The van der Waals surface area contributed by atoms with Crippen molar-refractivity contribution < 1.29 is 22.8 Å². The molecule has 1 unspecified atom stereocenters. The Morgan fingerprint density at radius 2 is 1.81 bits per heavy atom. The number of hydrogen-bond acceptors (Lipinski definition) is 4. The third-order valence-electron chi connectivity index (χ3n) is 4.20. The van der Waals surface area contributed by atoms with Crippen LogP contribution in [-0.4, -0.2) is 80.7 Å². The van der Waals surface area contributed by atoms with Gasteiger partial charge in [-0.05, 0) is 18.2 Å². The van der Waals surface area contributed by atoms with E-state index in [0.717, 1.165) is 0 Å². The zero-order chi connectivity index (χ0) is 19.3.